The minimum absolute atomic E-state index is 0.0102. The molecule has 2 aliphatic heterocycles. The number of para-hydroxylation sites is 1. The number of hydrogen-bond donors (Lipinski definition) is 1. The van der Waals surface area contributed by atoms with Gasteiger partial charge < -0.3 is 15.1 Å². The summed E-state index contributed by atoms with van der Waals surface area (Å²) in [5.41, 5.74) is 2.14. The van der Waals surface area contributed by atoms with Crippen LogP contribution in [-0.4, -0.2) is 54.2 Å². The van der Waals surface area contributed by atoms with E-state index in [1.165, 1.54) is 18.9 Å². The summed E-state index contributed by atoms with van der Waals surface area (Å²) in [6.07, 6.45) is 6.55. The molecule has 172 valence electrons. The molecule has 5 rings (SSSR count). The van der Waals surface area contributed by atoms with E-state index in [2.05, 4.69) is 5.32 Å². The Bertz CT molecular complexity index is 1060. The second-order valence-corrected chi connectivity index (χ2v) is 10.2. The zero-order valence-corrected chi connectivity index (χ0v) is 19.3. The van der Waals surface area contributed by atoms with E-state index in [-0.39, 0.29) is 17.6 Å². The molecule has 2 aromatic carbocycles. The summed E-state index contributed by atoms with van der Waals surface area (Å²) in [7, 11) is 0. The maximum absolute atomic E-state index is 14.1. The van der Waals surface area contributed by atoms with Gasteiger partial charge in [0.05, 0.1) is 10.6 Å². The number of nitrogens with zero attached hydrogens (tertiary/aromatic N) is 2. The summed E-state index contributed by atoms with van der Waals surface area (Å²) in [5, 5.41) is 3.63. The van der Waals surface area contributed by atoms with Gasteiger partial charge in [0.2, 0.25) is 0 Å². The average molecular weight is 466 g/mol. The van der Waals surface area contributed by atoms with Crippen LogP contribution in [0, 0.1) is 5.82 Å². The summed E-state index contributed by atoms with van der Waals surface area (Å²) in [4.78, 5) is 30.0. The van der Waals surface area contributed by atoms with Crippen molar-refractivity contribution in [3.8, 4) is 0 Å². The predicted octanol–water partition coefficient (Wildman–Crippen LogP) is 4.30. The average Bonchev–Trinajstić information content (AvgIpc) is 2.85. The normalized spacial score (nSPS) is 24.4. The zero-order valence-electron chi connectivity index (χ0n) is 18.5. The van der Waals surface area contributed by atoms with Gasteiger partial charge in [0.25, 0.3) is 11.8 Å². The second-order valence-electron chi connectivity index (χ2n) is 8.88. The molecule has 7 heteroatoms. The quantitative estimate of drug-likeness (QED) is 0.687. The molecule has 3 aliphatic rings. The van der Waals surface area contributed by atoms with Crippen LogP contribution in [0.15, 0.2) is 53.4 Å². The smallest absolute Gasteiger partial charge is 0.257 e. The third-order valence-corrected chi connectivity index (χ3v) is 8.16. The first-order valence-corrected chi connectivity index (χ1v) is 12.5. The molecule has 5 nitrogen and oxygen atoms in total. The lowest BCUT2D eigenvalue weighted by Crippen LogP contribution is -2.49. The first kappa shape index (κ1) is 22.0. The fraction of sp³-hybridized carbons (Fsp3) is 0.385. The van der Waals surface area contributed by atoms with Crippen molar-refractivity contribution in [2.24, 2.45) is 0 Å². The number of piperazine rings is 1. The van der Waals surface area contributed by atoms with Crippen LogP contribution in [0.25, 0.3) is 6.08 Å². The van der Waals surface area contributed by atoms with Crippen molar-refractivity contribution >= 4 is 35.3 Å². The van der Waals surface area contributed by atoms with E-state index in [0.29, 0.717) is 48.7 Å². The predicted molar refractivity (Wildman–Crippen MR) is 131 cm³/mol. The van der Waals surface area contributed by atoms with E-state index in [0.717, 1.165) is 23.3 Å². The van der Waals surface area contributed by atoms with Crippen molar-refractivity contribution in [3.05, 3.63) is 70.4 Å². The SMILES string of the molecule is O=C1NC2CCCCC2S/C1=C/c1ccc(C(=O)N2CCN(c3ccccc3F)CC2)cc1. The maximum Gasteiger partial charge on any atom is 0.257 e. The number of rotatable bonds is 3. The summed E-state index contributed by atoms with van der Waals surface area (Å²) in [6, 6.07) is 14.5. The van der Waals surface area contributed by atoms with E-state index in [1.54, 1.807) is 23.9 Å². The van der Waals surface area contributed by atoms with Crippen LogP contribution in [0.2, 0.25) is 0 Å². The minimum Gasteiger partial charge on any atom is -0.366 e. The number of hydrogen-bond acceptors (Lipinski definition) is 4. The Labute approximate surface area is 198 Å². The summed E-state index contributed by atoms with van der Waals surface area (Å²) >= 11 is 1.69. The Hall–Kier alpha value is -2.80. The maximum atomic E-state index is 14.1. The standard InChI is InChI=1S/C26H28FN3O2S/c27-20-5-1-3-7-22(20)29-13-15-30(16-14-29)26(32)19-11-9-18(10-12-19)17-24-25(31)28-21-6-2-4-8-23(21)33-24/h1,3,5,7,9-12,17,21,23H,2,4,6,8,13-16H2,(H,28,31)/b24-17+. The first-order chi connectivity index (χ1) is 16.1. The highest BCUT2D eigenvalue weighted by molar-refractivity contribution is 8.04. The Kier molecular flexibility index (Phi) is 6.40. The number of nitrogens with one attached hydrogen (secondary N) is 1. The first-order valence-electron chi connectivity index (χ1n) is 11.7. The number of halogens is 1. The van der Waals surface area contributed by atoms with Gasteiger partial charge in [-0.1, -0.05) is 37.1 Å². The van der Waals surface area contributed by atoms with Gasteiger partial charge in [0.1, 0.15) is 5.82 Å². The van der Waals surface area contributed by atoms with Crippen molar-refractivity contribution in [3.63, 3.8) is 0 Å². The van der Waals surface area contributed by atoms with Crippen LogP contribution in [0.1, 0.15) is 41.6 Å². The van der Waals surface area contributed by atoms with Crippen LogP contribution >= 0.6 is 11.8 Å². The third kappa shape index (κ3) is 4.78. The minimum atomic E-state index is -0.231. The second kappa shape index (κ2) is 9.59. The summed E-state index contributed by atoms with van der Waals surface area (Å²) < 4.78 is 14.1. The molecule has 2 unspecified atom stereocenters. The van der Waals surface area contributed by atoms with Crippen LogP contribution in [0.3, 0.4) is 0 Å². The highest BCUT2D eigenvalue weighted by Crippen LogP contribution is 2.37. The number of thioether (sulfide) groups is 1. The van der Waals surface area contributed by atoms with Crippen molar-refractivity contribution in [1.29, 1.82) is 0 Å². The van der Waals surface area contributed by atoms with Gasteiger partial charge in [-0.25, -0.2) is 4.39 Å². The molecule has 2 aromatic rings. The lowest BCUT2D eigenvalue weighted by Gasteiger charge is -2.36. The molecular formula is C26H28FN3O2S. The number of anilines is 1. The van der Waals surface area contributed by atoms with Crippen molar-refractivity contribution < 1.29 is 14.0 Å². The van der Waals surface area contributed by atoms with Crippen molar-refractivity contribution in [2.75, 3.05) is 31.1 Å². The van der Waals surface area contributed by atoms with Gasteiger partial charge in [-0.3, -0.25) is 9.59 Å². The van der Waals surface area contributed by atoms with Gasteiger partial charge in [0, 0.05) is 43.0 Å². The Morgan fingerprint density at radius 1 is 1.00 bits per heavy atom. The van der Waals surface area contributed by atoms with Crippen LogP contribution in [0.5, 0.6) is 0 Å². The molecular weight excluding hydrogens is 437 g/mol. The van der Waals surface area contributed by atoms with Crippen LogP contribution in [0.4, 0.5) is 10.1 Å². The monoisotopic (exact) mass is 465 g/mol. The molecule has 2 saturated heterocycles. The zero-order chi connectivity index (χ0) is 22.8. The molecule has 0 spiro atoms. The van der Waals surface area contributed by atoms with Crippen molar-refractivity contribution in [1.82, 2.24) is 10.2 Å². The number of carbonyl (C=O) groups is 2. The number of carbonyl (C=O) groups excluding carboxylic acids is 2. The lowest BCUT2D eigenvalue weighted by molar-refractivity contribution is -0.117. The van der Waals surface area contributed by atoms with Crippen molar-refractivity contribution in [2.45, 2.75) is 37.0 Å². The Morgan fingerprint density at radius 3 is 2.48 bits per heavy atom. The van der Waals surface area contributed by atoms with Crippen LogP contribution in [-0.2, 0) is 4.79 Å². The lowest BCUT2D eigenvalue weighted by atomic mass is 9.94. The molecule has 0 radical (unpaired) electrons. The van der Waals surface area contributed by atoms with E-state index in [4.69, 9.17) is 0 Å². The van der Waals surface area contributed by atoms with E-state index < -0.39 is 0 Å². The fourth-order valence-electron chi connectivity index (χ4n) is 4.87. The molecule has 1 N–H and O–H groups in total. The molecule has 2 heterocycles. The molecule has 1 saturated carbocycles. The molecule has 3 fully saturated rings. The number of benzene rings is 2. The highest BCUT2D eigenvalue weighted by Gasteiger charge is 2.34. The molecule has 2 atom stereocenters. The molecule has 2 amide bonds. The van der Waals surface area contributed by atoms with Gasteiger partial charge >= 0.3 is 0 Å². The molecule has 0 bridgehead atoms. The van der Waals surface area contributed by atoms with E-state index in [9.17, 15) is 14.0 Å². The van der Waals surface area contributed by atoms with E-state index in [1.807, 2.05) is 46.2 Å². The largest absolute Gasteiger partial charge is 0.366 e. The molecule has 33 heavy (non-hydrogen) atoms. The van der Waals surface area contributed by atoms with Crippen LogP contribution < -0.4 is 10.2 Å². The topological polar surface area (TPSA) is 52.7 Å². The molecule has 1 aliphatic carbocycles. The van der Waals surface area contributed by atoms with Gasteiger partial charge in [-0.05, 0) is 48.7 Å². The number of amides is 2. The summed E-state index contributed by atoms with van der Waals surface area (Å²) in [5.74, 6) is -0.237. The van der Waals surface area contributed by atoms with Gasteiger partial charge in [0.15, 0.2) is 0 Å². The van der Waals surface area contributed by atoms with E-state index >= 15 is 0 Å². The summed E-state index contributed by atoms with van der Waals surface area (Å²) in [6.45, 7) is 2.31. The molecule has 0 aromatic heterocycles. The van der Waals surface area contributed by atoms with Gasteiger partial charge in [-0.15, -0.1) is 11.8 Å². The Morgan fingerprint density at radius 2 is 1.73 bits per heavy atom. The van der Waals surface area contributed by atoms with Gasteiger partial charge in [-0.2, -0.15) is 0 Å². The highest BCUT2D eigenvalue weighted by atomic mass is 32.2. The third-order valence-electron chi connectivity index (χ3n) is 6.74. The number of fused-ring (bicyclic) bond motifs is 1. The fourth-order valence-corrected chi connectivity index (χ4v) is 6.22. The Balaban J connectivity index is 1.21.